The Labute approximate surface area is 94.4 Å². The smallest absolute Gasteiger partial charge is 0.100 e. The van der Waals surface area contributed by atoms with E-state index in [-0.39, 0.29) is 0 Å². The summed E-state index contributed by atoms with van der Waals surface area (Å²) in [5, 5.41) is 20.0. The first kappa shape index (κ1) is 10.2. The predicted octanol–water partition coefficient (Wildman–Crippen LogP) is 3.20. The fourth-order valence-electron chi connectivity index (χ4n) is 1.92. The molecule has 2 heteroatoms. The molecule has 0 aliphatic rings. The van der Waals surface area contributed by atoms with Gasteiger partial charge in [-0.05, 0) is 25.0 Å². The normalized spacial score (nSPS) is 9.75. The maximum absolute atomic E-state index is 9.12. The second-order valence-corrected chi connectivity index (χ2v) is 3.83. The molecule has 2 aromatic rings. The van der Waals surface area contributed by atoms with Gasteiger partial charge in [0.05, 0.1) is 11.1 Å². The predicted molar refractivity (Wildman–Crippen MR) is 62.9 cm³/mol. The molecule has 0 atom stereocenters. The summed E-state index contributed by atoms with van der Waals surface area (Å²) in [5.41, 5.74) is 3.22. The summed E-state index contributed by atoms with van der Waals surface area (Å²) in [4.78, 5) is 0. The lowest BCUT2D eigenvalue weighted by Crippen LogP contribution is -1.90. The molecule has 0 aromatic heterocycles. The number of fused-ring (bicyclic) bond motifs is 1. The molecule has 2 aromatic carbocycles. The fraction of sp³-hybridized carbons (Fsp3) is 0.143. The largest absolute Gasteiger partial charge is 0.192 e. The Bertz CT molecular complexity index is 596. The van der Waals surface area contributed by atoms with E-state index in [2.05, 4.69) is 12.1 Å². The molecule has 0 saturated heterocycles. The van der Waals surface area contributed by atoms with Crippen LogP contribution in [-0.2, 0) is 0 Å². The molecule has 0 aliphatic carbocycles. The van der Waals surface area contributed by atoms with Crippen molar-refractivity contribution in [3.8, 4) is 12.1 Å². The van der Waals surface area contributed by atoms with E-state index < -0.39 is 0 Å². The van der Waals surface area contributed by atoms with E-state index in [4.69, 9.17) is 10.5 Å². The molecule has 0 radical (unpaired) electrons. The monoisotopic (exact) mass is 206 g/mol. The van der Waals surface area contributed by atoms with Crippen LogP contribution in [0.1, 0.15) is 22.3 Å². The van der Waals surface area contributed by atoms with Crippen molar-refractivity contribution in [2.75, 3.05) is 0 Å². The summed E-state index contributed by atoms with van der Waals surface area (Å²) >= 11 is 0. The van der Waals surface area contributed by atoms with Crippen LogP contribution in [0.2, 0.25) is 0 Å². The van der Waals surface area contributed by atoms with Crippen molar-refractivity contribution in [2.45, 2.75) is 13.8 Å². The van der Waals surface area contributed by atoms with Gasteiger partial charge >= 0.3 is 0 Å². The molecule has 76 valence electrons. The molecule has 2 rings (SSSR count). The molecule has 0 bridgehead atoms. The van der Waals surface area contributed by atoms with Crippen LogP contribution in [0.3, 0.4) is 0 Å². The summed E-state index contributed by atoms with van der Waals surface area (Å²) < 4.78 is 0. The molecule has 0 spiro atoms. The highest BCUT2D eigenvalue weighted by Crippen LogP contribution is 2.26. The standard InChI is InChI=1S/C14H10N2/c1-9-3-5-12-11(13(9)7-15)6-4-10(2)14(12)8-16/h3-6H,1-2H3. The first-order chi connectivity index (χ1) is 7.69. The van der Waals surface area contributed by atoms with Gasteiger partial charge in [0.2, 0.25) is 0 Å². The molecule has 0 amide bonds. The molecule has 0 saturated carbocycles. The zero-order valence-electron chi connectivity index (χ0n) is 9.20. The zero-order valence-corrected chi connectivity index (χ0v) is 9.20. The number of hydrogen-bond acceptors (Lipinski definition) is 2. The summed E-state index contributed by atoms with van der Waals surface area (Å²) in [5.74, 6) is 0. The molecule has 16 heavy (non-hydrogen) atoms. The average Bonchev–Trinajstić information content (AvgIpc) is 2.29. The van der Waals surface area contributed by atoms with Gasteiger partial charge in [-0.2, -0.15) is 10.5 Å². The van der Waals surface area contributed by atoms with E-state index in [1.807, 2.05) is 38.1 Å². The number of nitriles is 2. The molecular formula is C14H10N2. The number of rotatable bonds is 0. The van der Waals surface area contributed by atoms with Gasteiger partial charge in [0.15, 0.2) is 0 Å². The number of hydrogen-bond donors (Lipinski definition) is 0. The topological polar surface area (TPSA) is 47.6 Å². The SMILES string of the molecule is Cc1ccc2c(C#N)c(C)ccc2c1C#N. The lowest BCUT2D eigenvalue weighted by atomic mass is 9.95. The first-order valence-electron chi connectivity index (χ1n) is 5.02. The third-order valence-electron chi connectivity index (χ3n) is 2.84. The maximum Gasteiger partial charge on any atom is 0.100 e. The Hall–Kier alpha value is -2.32. The Kier molecular flexibility index (Phi) is 2.35. The quantitative estimate of drug-likeness (QED) is 0.664. The highest BCUT2D eigenvalue weighted by Gasteiger charge is 2.09. The minimum absolute atomic E-state index is 0.661. The number of benzene rings is 2. The highest BCUT2D eigenvalue weighted by molar-refractivity contribution is 5.93. The van der Waals surface area contributed by atoms with E-state index in [1.54, 1.807) is 0 Å². The maximum atomic E-state index is 9.12. The van der Waals surface area contributed by atoms with Crippen molar-refractivity contribution < 1.29 is 0 Å². The van der Waals surface area contributed by atoms with Gasteiger partial charge in [0.1, 0.15) is 12.1 Å². The van der Waals surface area contributed by atoms with Crippen molar-refractivity contribution in [3.63, 3.8) is 0 Å². The van der Waals surface area contributed by atoms with Gasteiger partial charge < -0.3 is 0 Å². The van der Waals surface area contributed by atoms with Crippen LogP contribution >= 0.6 is 0 Å². The van der Waals surface area contributed by atoms with Crippen LogP contribution in [0.4, 0.5) is 0 Å². The Morgan fingerprint density at radius 3 is 1.44 bits per heavy atom. The molecular weight excluding hydrogens is 196 g/mol. The molecule has 0 N–H and O–H groups in total. The second kappa shape index (κ2) is 3.68. The number of aryl methyl sites for hydroxylation is 2. The summed E-state index contributed by atoms with van der Waals surface area (Å²) in [6, 6.07) is 12.0. The lowest BCUT2D eigenvalue weighted by molar-refractivity contribution is 1.39. The van der Waals surface area contributed by atoms with E-state index in [0.717, 1.165) is 21.9 Å². The minimum Gasteiger partial charge on any atom is -0.192 e. The lowest BCUT2D eigenvalue weighted by Gasteiger charge is -2.06. The third-order valence-corrected chi connectivity index (χ3v) is 2.84. The van der Waals surface area contributed by atoms with Crippen molar-refractivity contribution >= 4 is 10.8 Å². The van der Waals surface area contributed by atoms with Gasteiger partial charge in [0.25, 0.3) is 0 Å². The zero-order chi connectivity index (χ0) is 11.7. The number of nitrogens with zero attached hydrogens (tertiary/aromatic N) is 2. The second-order valence-electron chi connectivity index (χ2n) is 3.83. The Morgan fingerprint density at radius 1 is 0.750 bits per heavy atom. The summed E-state index contributed by atoms with van der Waals surface area (Å²) in [7, 11) is 0. The third kappa shape index (κ3) is 1.33. The van der Waals surface area contributed by atoms with Crippen LogP contribution in [-0.4, -0.2) is 0 Å². The minimum atomic E-state index is 0.661. The van der Waals surface area contributed by atoms with Gasteiger partial charge in [-0.15, -0.1) is 0 Å². The summed E-state index contributed by atoms with van der Waals surface area (Å²) in [6.45, 7) is 3.81. The van der Waals surface area contributed by atoms with Crippen molar-refractivity contribution in [2.24, 2.45) is 0 Å². The fourth-order valence-corrected chi connectivity index (χ4v) is 1.92. The molecule has 0 heterocycles. The van der Waals surface area contributed by atoms with Crippen LogP contribution in [0.15, 0.2) is 24.3 Å². The van der Waals surface area contributed by atoms with Crippen molar-refractivity contribution in [3.05, 3.63) is 46.5 Å². The molecule has 2 nitrogen and oxygen atoms in total. The van der Waals surface area contributed by atoms with Crippen LogP contribution < -0.4 is 0 Å². The summed E-state index contributed by atoms with van der Waals surface area (Å²) in [6.07, 6.45) is 0. The molecule has 0 unspecified atom stereocenters. The van der Waals surface area contributed by atoms with Gasteiger partial charge in [-0.25, -0.2) is 0 Å². The van der Waals surface area contributed by atoms with Gasteiger partial charge in [0, 0.05) is 10.8 Å². The van der Waals surface area contributed by atoms with E-state index in [1.165, 1.54) is 0 Å². The van der Waals surface area contributed by atoms with E-state index in [0.29, 0.717) is 11.1 Å². The van der Waals surface area contributed by atoms with Crippen molar-refractivity contribution in [1.29, 1.82) is 10.5 Å². The van der Waals surface area contributed by atoms with E-state index >= 15 is 0 Å². The Balaban J connectivity index is 3.01. The van der Waals surface area contributed by atoms with Crippen LogP contribution in [0.5, 0.6) is 0 Å². The van der Waals surface area contributed by atoms with Gasteiger partial charge in [-0.1, -0.05) is 24.3 Å². The van der Waals surface area contributed by atoms with Crippen molar-refractivity contribution in [1.82, 2.24) is 0 Å². The first-order valence-corrected chi connectivity index (χ1v) is 5.02. The average molecular weight is 206 g/mol. The van der Waals surface area contributed by atoms with E-state index in [9.17, 15) is 0 Å². The van der Waals surface area contributed by atoms with Gasteiger partial charge in [-0.3, -0.25) is 0 Å². The molecule has 0 aliphatic heterocycles. The van der Waals surface area contributed by atoms with Crippen LogP contribution in [0, 0.1) is 36.5 Å². The van der Waals surface area contributed by atoms with Crippen LogP contribution in [0.25, 0.3) is 10.8 Å². The molecule has 0 fully saturated rings. The highest BCUT2D eigenvalue weighted by atomic mass is 14.3. The Morgan fingerprint density at radius 2 is 1.12 bits per heavy atom.